The standard InChI is InChI=1S/C20H14N2O4S.3Na.3H/c23-18-11-9-13-5-1-2-6-14(13)20(18)22-21-17-10-12-19(27(24,25)26)16-8-4-3-7-15(16)17;;;;;;/h1-12,23H,(H,24,25,26);;;;;;. The maximum atomic E-state index is 11.6. The molecule has 140 valence electrons. The van der Waals surface area contributed by atoms with Crippen molar-refractivity contribution in [2.24, 2.45) is 10.2 Å². The summed E-state index contributed by atoms with van der Waals surface area (Å²) in [6.45, 7) is 0. The second kappa shape index (κ2) is 11.5. The Labute approximate surface area is 240 Å². The number of rotatable bonds is 3. The van der Waals surface area contributed by atoms with Gasteiger partial charge in [0, 0.05) is 16.2 Å². The third-order valence-electron chi connectivity index (χ3n) is 4.28. The van der Waals surface area contributed by atoms with Gasteiger partial charge in [0.1, 0.15) is 16.3 Å². The van der Waals surface area contributed by atoms with Gasteiger partial charge in [-0.2, -0.15) is 8.42 Å². The normalized spacial score (nSPS) is 11.0. The van der Waals surface area contributed by atoms with Gasteiger partial charge in [0.2, 0.25) is 0 Å². The number of hydrogen-bond acceptors (Lipinski definition) is 5. The van der Waals surface area contributed by atoms with Crippen LogP contribution in [0, 0.1) is 0 Å². The molecule has 4 aromatic rings. The van der Waals surface area contributed by atoms with Crippen LogP contribution in [0.5, 0.6) is 5.75 Å². The molecule has 4 aromatic carbocycles. The number of aromatic hydroxyl groups is 1. The summed E-state index contributed by atoms with van der Waals surface area (Å²) in [7, 11) is -4.36. The van der Waals surface area contributed by atoms with Crippen molar-refractivity contribution >= 4 is 132 Å². The fraction of sp³-hybridized carbons (Fsp3) is 0. The number of azo groups is 1. The molecule has 0 aliphatic rings. The summed E-state index contributed by atoms with van der Waals surface area (Å²) in [5.74, 6) is -0.00342. The Hall–Kier alpha value is -0.290. The van der Waals surface area contributed by atoms with Crippen molar-refractivity contribution < 1.29 is 18.1 Å². The van der Waals surface area contributed by atoms with Crippen molar-refractivity contribution in [3.05, 3.63) is 72.8 Å². The Kier molecular flexibility index (Phi) is 10.7. The Bertz CT molecular complexity index is 1330. The molecule has 0 spiro atoms. The summed E-state index contributed by atoms with van der Waals surface area (Å²) in [6, 6.07) is 20.3. The molecule has 4 rings (SSSR count). The first kappa shape index (κ1) is 27.7. The molecule has 0 amide bonds. The van der Waals surface area contributed by atoms with E-state index in [9.17, 15) is 18.1 Å². The molecule has 0 saturated heterocycles. The average Bonchev–Trinajstić information content (AvgIpc) is 2.66. The average molecular weight is 450 g/mol. The van der Waals surface area contributed by atoms with E-state index in [0.29, 0.717) is 22.1 Å². The first-order valence-electron chi connectivity index (χ1n) is 8.07. The molecule has 2 N–H and O–H groups in total. The second-order valence-electron chi connectivity index (χ2n) is 5.96. The fourth-order valence-corrected chi connectivity index (χ4v) is 3.72. The molecule has 0 heterocycles. The zero-order valence-electron chi connectivity index (χ0n) is 13.9. The van der Waals surface area contributed by atoms with Gasteiger partial charge in [0.15, 0.2) is 0 Å². The number of phenolic OH excluding ortho intramolecular Hbond substituents is 1. The van der Waals surface area contributed by atoms with Crippen LogP contribution in [0.4, 0.5) is 11.4 Å². The molecule has 6 nitrogen and oxygen atoms in total. The number of phenols is 1. The quantitative estimate of drug-likeness (QED) is 0.284. The van der Waals surface area contributed by atoms with Gasteiger partial charge in [-0.15, -0.1) is 10.2 Å². The Morgan fingerprint density at radius 3 is 1.93 bits per heavy atom. The van der Waals surface area contributed by atoms with Gasteiger partial charge in [-0.1, -0.05) is 54.6 Å². The third kappa shape index (κ3) is 5.74. The molecule has 0 aromatic heterocycles. The molecular weight excluding hydrogens is 433 g/mol. The van der Waals surface area contributed by atoms with E-state index in [4.69, 9.17) is 0 Å². The molecule has 0 aliphatic carbocycles. The number of fused-ring (bicyclic) bond motifs is 2. The van der Waals surface area contributed by atoms with Crippen LogP contribution >= 0.6 is 0 Å². The SMILES string of the molecule is O=S(=O)(O)c1ccc(N=Nc2c(O)ccc3ccccc23)c2ccccc12.[NaH].[NaH].[NaH]. The van der Waals surface area contributed by atoms with Gasteiger partial charge in [-0.05, 0) is 23.6 Å². The van der Waals surface area contributed by atoms with E-state index < -0.39 is 10.1 Å². The molecule has 0 bridgehead atoms. The fourth-order valence-electron chi connectivity index (χ4n) is 3.02. The number of hydrogen-bond donors (Lipinski definition) is 2. The first-order chi connectivity index (χ1) is 12.9. The maximum absolute atomic E-state index is 11.6. The van der Waals surface area contributed by atoms with Crippen LogP contribution in [0.1, 0.15) is 0 Å². The van der Waals surface area contributed by atoms with E-state index >= 15 is 0 Å². The molecular formula is C20H17N2Na3O4S. The van der Waals surface area contributed by atoms with Gasteiger partial charge in [0.25, 0.3) is 10.1 Å². The van der Waals surface area contributed by atoms with Gasteiger partial charge in [0.05, 0.1) is 5.69 Å². The molecule has 0 fully saturated rings. The summed E-state index contributed by atoms with van der Waals surface area (Å²) < 4.78 is 32.6. The zero-order chi connectivity index (χ0) is 19.0. The van der Waals surface area contributed by atoms with Crippen LogP contribution < -0.4 is 0 Å². The van der Waals surface area contributed by atoms with E-state index in [2.05, 4.69) is 10.2 Å². The van der Waals surface area contributed by atoms with Crippen LogP contribution in [-0.4, -0.2) is 107 Å². The molecule has 0 saturated carbocycles. The van der Waals surface area contributed by atoms with Crippen LogP contribution in [0.15, 0.2) is 87.9 Å². The monoisotopic (exact) mass is 450 g/mol. The van der Waals surface area contributed by atoms with Gasteiger partial charge in [-0.25, -0.2) is 0 Å². The van der Waals surface area contributed by atoms with E-state index in [1.54, 1.807) is 36.4 Å². The summed E-state index contributed by atoms with van der Waals surface area (Å²) in [5.41, 5.74) is 0.751. The van der Waals surface area contributed by atoms with Crippen LogP contribution in [-0.2, 0) is 10.1 Å². The minimum absolute atomic E-state index is 0. The van der Waals surface area contributed by atoms with E-state index in [0.717, 1.165) is 10.8 Å². The van der Waals surface area contributed by atoms with Gasteiger partial charge >= 0.3 is 88.7 Å². The van der Waals surface area contributed by atoms with Crippen molar-refractivity contribution in [1.82, 2.24) is 0 Å². The van der Waals surface area contributed by atoms with Gasteiger partial charge < -0.3 is 5.11 Å². The van der Waals surface area contributed by atoms with E-state index in [1.807, 2.05) is 24.3 Å². The molecule has 0 unspecified atom stereocenters. The van der Waals surface area contributed by atoms with E-state index in [-0.39, 0.29) is 99.3 Å². The Morgan fingerprint density at radius 2 is 1.27 bits per heavy atom. The Balaban J connectivity index is 0.00000150. The van der Waals surface area contributed by atoms with Gasteiger partial charge in [-0.3, -0.25) is 4.55 Å². The predicted molar refractivity (Wildman–Crippen MR) is 125 cm³/mol. The van der Waals surface area contributed by atoms with Crippen molar-refractivity contribution in [2.45, 2.75) is 4.90 Å². The topological polar surface area (TPSA) is 99.3 Å². The predicted octanol–water partition coefficient (Wildman–Crippen LogP) is 3.42. The van der Waals surface area contributed by atoms with Crippen LogP contribution in [0.3, 0.4) is 0 Å². The molecule has 0 atom stereocenters. The zero-order valence-corrected chi connectivity index (χ0v) is 14.8. The van der Waals surface area contributed by atoms with Crippen molar-refractivity contribution in [3.63, 3.8) is 0 Å². The van der Waals surface area contributed by atoms with Crippen molar-refractivity contribution in [1.29, 1.82) is 0 Å². The summed E-state index contributed by atoms with van der Waals surface area (Å²) in [4.78, 5) is -0.190. The Morgan fingerprint density at radius 1 is 0.667 bits per heavy atom. The third-order valence-corrected chi connectivity index (χ3v) is 5.19. The molecule has 0 aliphatic heterocycles. The van der Waals surface area contributed by atoms with Crippen LogP contribution in [0.2, 0.25) is 0 Å². The molecule has 10 heteroatoms. The van der Waals surface area contributed by atoms with E-state index in [1.165, 1.54) is 12.1 Å². The summed E-state index contributed by atoms with van der Waals surface area (Å²) in [5, 5.41) is 21.2. The molecule has 0 radical (unpaired) electrons. The number of benzene rings is 4. The van der Waals surface area contributed by atoms with Crippen molar-refractivity contribution in [3.8, 4) is 5.75 Å². The molecule has 30 heavy (non-hydrogen) atoms. The summed E-state index contributed by atoms with van der Waals surface area (Å²) in [6.07, 6.45) is 0. The minimum atomic E-state index is -4.36. The number of nitrogens with zero attached hydrogens (tertiary/aromatic N) is 2. The first-order valence-corrected chi connectivity index (χ1v) is 9.51. The second-order valence-corrected chi connectivity index (χ2v) is 7.35. The summed E-state index contributed by atoms with van der Waals surface area (Å²) >= 11 is 0. The van der Waals surface area contributed by atoms with Crippen molar-refractivity contribution in [2.75, 3.05) is 0 Å². The van der Waals surface area contributed by atoms with Crippen LogP contribution in [0.25, 0.3) is 21.5 Å².